The van der Waals surface area contributed by atoms with Gasteiger partial charge in [-0.1, -0.05) is 5.16 Å². The summed E-state index contributed by atoms with van der Waals surface area (Å²) in [6.45, 7) is 4.53. The summed E-state index contributed by atoms with van der Waals surface area (Å²) in [4.78, 5) is 42.5. The van der Waals surface area contributed by atoms with Gasteiger partial charge in [0, 0.05) is 45.1 Å². The Hall–Kier alpha value is -2.79. The second-order valence-electron chi connectivity index (χ2n) is 8.94. The molecule has 0 aliphatic carbocycles. The number of piperidine rings is 1. The monoisotopic (exact) mass is 491 g/mol. The summed E-state index contributed by atoms with van der Waals surface area (Å²) >= 11 is 1.61. The third kappa shape index (κ3) is 7.36. The molecule has 2 amide bonds. The van der Waals surface area contributed by atoms with Crippen LogP contribution in [0, 0.1) is 12.8 Å². The maximum atomic E-state index is 13.2. The van der Waals surface area contributed by atoms with Gasteiger partial charge in [-0.3, -0.25) is 14.4 Å². The van der Waals surface area contributed by atoms with Crippen molar-refractivity contribution in [2.75, 3.05) is 33.2 Å². The lowest BCUT2D eigenvalue weighted by Gasteiger charge is -2.33. The zero-order valence-corrected chi connectivity index (χ0v) is 20.5. The topological polar surface area (TPSA) is 129 Å². The fourth-order valence-electron chi connectivity index (χ4n) is 4.69. The fraction of sp³-hybridized carbons (Fsp3) is 0.609. The standard InChI is InChI=1S/C22H31N5O3S.CH2O2/c1-15-23-21(25-30-15)17-5-8-27(9-6-17)22(29)18-3-4-19(13-26(2)12-18)24-20(28)11-16-7-10-31-14-16;2-1-3/h7,10,14,17-19H,3-6,8-9,11-13H2,1-2H3,(H,24,28);1H,(H,2,3)/t18-,19+;/m1./s1. The van der Waals surface area contributed by atoms with Crippen molar-refractivity contribution in [2.24, 2.45) is 5.92 Å². The Morgan fingerprint density at radius 1 is 1.26 bits per heavy atom. The highest BCUT2D eigenvalue weighted by atomic mass is 32.1. The van der Waals surface area contributed by atoms with Gasteiger partial charge >= 0.3 is 0 Å². The molecule has 0 aromatic carbocycles. The number of likely N-dealkylation sites (N-methyl/N-ethyl adjacent to an activating group) is 1. The van der Waals surface area contributed by atoms with E-state index in [9.17, 15) is 9.59 Å². The Kier molecular flexibility index (Phi) is 9.58. The molecule has 0 radical (unpaired) electrons. The second kappa shape index (κ2) is 12.6. The van der Waals surface area contributed by atoms with Gasteiger partial charge in [-0.2, -0.15) is 16.3 Å². The van der Waals surface area contributed by atoms with Crippen LogP contribution in [0.4, 0.5) is 0 Å². The summed E-state index contributed by atoms with van der Waals surface area (Å²) in [5.74, 6) is 1.89. The van der Waals surface area contributed by atoms with E-state index in [4.69, 9.17) is 14.4 Å². The number of carbonyl (C=O) groups excluding carboxylic acids is 2. The zero-order valence-electron chi connectivity index (χ0n) is 19.7. The third-order valence-corrected chi connectivity index (χ3v) is 7.03. The number of carboxylic acid groups (broad SMARTS) is 1. The van der Waals surface area contributed by atoms with Crippen LogP contribution >= 0.6 is 11.3 Å². The minimum atomic E-state index is -0.250. The first-order valence-corrected chi connectivity index (χ1v) is 12.5. The van der Waals surface area contributed by atoms with E-state index in [0.29, 0.717) is 12.3 Å². The van der Waals surface area contributed by atoms with E-state index >= 15 is 0 Å². The van der Waals surface area contributed by atoms with Crippen molar-refractivity contribution in [3.05, 3.63) is 34.1 Å². The summed E-state index contributed by atoms with van der Waals surface area (Å²) < 4.78 is 5.10. The number of nitrogens with zero attached hydrogens (tertiary/aromatic N) is 4. The van der Waals surface area contributed by atoms with Crippen molar-refractivity contribution in [3.8, 4) is 0 Å². The molecular weight excluding hydrogens is 458 g/mol. The molecule has 4 rings (SSSR count). The lowest BCUT2D eigenvalue weighted by atomic mass is 9.94. The largest absolute Gasteiger partial charge is 0.483 e. The molecule has 0 spiro atoms. The number of aryl methyl sites for hydroxylation is 1. The van der Waals surface area contributed by atoms with Gasteiger partial charge in [-0.15, -0.1) is 0 Å². The summed E-state index contributed by atoms with van der Waals surface area (Å²) in [7, 11) is 2.04. The zero-order chi connectivity index (χ0) is 24.5. The van der Waals surface area contributed by atoms with E-state index in [0.717, 1.165) is 63.3 Å². The minimum absolute atomic E-state index is 0.0206. The van der Waals surface area contributed by atoms with Crippen LogP contribution in [0.3, 0.4) is 0 Å². The number of rotatable bonds is 5. The number of carbonyl (C=O) groups is 3. The normalized spacial score (nSPS) is 21.8. The third-order valence-electron chi connectivity index (χ3n) is 6.30. The highest BCUT2D eigenvalue weighted by Crippen LogP contribution is 2.28. The Morgan fingerprint density at radius 3 is 2.62 bits per heavy atom. The van der Waals surface area contributed by atoms with Gasteiger partial charge in [0.1, 0.15) is 0 Å². The Bertz CT molecular complexity index is 926. The van der Waals surface area contributed by atoms with Crippen LogP contribution < -0.4 is 5.32 Å². The highest BCUT2D eigenvalue weighted by Gasteiger charge is 2.33. The Balaban J connectivity index is 0.00000103. The van der Waals surface area contributed by atoms with Crippen LogP contribution in [-0.4, -0.2) is 82.6 Å². The minimum Gasteiger partial charge on any atom is -0.483 e. The van der Waals surface area contributed by atoms with Crippen molar-refractivity contribution >= 4 is 29.6 Å². The molecule has 2 fully saturated rings. The van der Waals surface area contributed by atoms with Crippen LogP contribution in [-0.2, 0) is 20.8 Å². The molecule has 2 aliphatic heterocycles. The second-order valence-corrected chi connectivity index (χ2v) is 9.72. The van der Waals surface area contributed by atoms with Gasteiger partial charge in [0.25, 0.3) is 6.47 Å². The quantitative estimate of drug-likeness (QED) is 0.607. The lowest BCUT2D eigenvalue weighted by molar-refractivity contribution is -0.137. The summed E-state index contributed by atoms with van der Waals surface area (Å²) in [5, 5.41) is 18.1. The molecule has 2 aliphatic rings. The SMILES string of the molecule is Cc1nc(C2CCN(C(=O)[C@@H]3CC[C@H](NC(=O)Cc4ccsc4)CN(C)C3)CC2)no1.O=CO. The molecule has 0 saturated carbocycles. The van der Waals surface area contributed by atoms with Crippen molar-refractivity contribution in [2.45, 2.75) is 51.0 Å². The van der Waals surface area contributed by atoms with Crippen molar-refractivity contribution in [1.29, 1.82) is 0 Å². The first-order valence-electron chi connectivity index (χ1n) is 11.6. The summed E-state index contributed by atoms with van der Waals surface area (Å²) in [5.41, 5.74) is 1.05. The number of aromatic nitrogens is 2. The number of nitrogens with one attached hydrogen (secondary N) is 1. The molecular formula is C23H33N5O5S. The molecule has 2 N–H and O–H groups in total. The van der Waals surface area contributed by atoms with E-state index in [1.807, 2.05) is 28.8 Å². The molecule has 2 atom stereocenters. The highest BCUT2D eigenvalue weighted by molar-refractivity contribution is 7.08. The van der Waals surface area contributed by atoms with E-state index in [-0.39, 0.29) is 36.2 Å². The maximum absolute atomic E-state index is 13.2. The van der Waals surface area contributed by atoms with Gasteiger partial charge in [0.05, 0.1) is 12.3 Å². The van der Waals surface area contributed by atoms with E-state index < -0.39 is 0 Å². The average molecular weight is 492 g/mol. The maximum Gasteiger partial charge on any atom is 0.290 e. The van der Waals surface area contributed by atoms with E-state index in [1.165, 1.54) is 0 Å². The number of hydrogen-bond acceptors (Lipinski definition) is 8. The molecule has 11 heteroatoms. The Labute approximate surface area is 203 Å². The smallest absolute Gasteiger partial charge is 0.290 e. The van der Waals surface area contributed by atoms with Gasteiger partial charge in [-0.25, -0.2) is 0 Å². The van der Waals surface area contributed by atoms with Crippen molar-refractivity contribution < 1.29 is 24.0 Å². The summed E-state index contributed by atoms with van der Waals surface area (Å²) in [6.07, 6.45) is 3.79. The van der Waals surface area contributed by atoms with Crippen LogP contribution in [0.15, 0.2) is 21.3 Å². The Morgan fingerprint density at radius 2 is 2.00 bits per heavy atom. The number of hydrogen-bond donors (Lipinski definition) is 2. The predicted octanol–water partition coefficient (Wildman–Crippen LogP) is 1.92. The fourth-order valence-corrected chi connectivity index (χ4v) is 5.35. The van der Waals surface area contributed by atoms with Crippen LogP contribution in [0.1, 0.15) is 48.9 Å². The van der Waals surface area contributed by atoms with Crippen molar-refractivity contribution in [3.63, 3.8) is 0 Å². The number of thiophene rings is 1. The molecule has 34 heavy (non-hydrogen) atoms. The van der Waals surface area contributed by atoms with Crippen LogP contribution in [0.5, 0.6) is 0 Å². The first-order chi connectivity index (χ1) is 16.4. The number of likely N-dealkylation sites (tertiary alicyclic amines) is 2. The molecule has 0 unspecified atom stereocenters. The number of amides is 2. The van der Waals surface area contributed by atoms with Gasteiger partial charge in [0.15, 0.2) is 5.82 Å². The molecule has 2 aromatic rings. The van der Waals surface area contributed by atoms with Gasteiger partial charge in [0.2, 0.25) is 17.7 Å². The molecule has 0 bridgehead atoms. The van der Waals surface area contributed by atoms with Gasteiger partial charge < -0.3 is 24.7 Å². The van der Waals surface area contributed by atoms with Gasteiger partial charge in [-0.05, 0) is 55.1 Å². The molecule has 186 valence electrons. The molecule has 10 nitrogen and oxygen atoms in total. The van der Waals surface area contributed by atoms with Crippen LogP contribution in [0.2, 0.25) is 0 Å². The average Bonchev–Trinajstić information content (AvgIpc) is 3.44. The summed E-state index contributed by atoms with van der Waals surface area (Å²) in [6, 6.07) is 2.07. The first kappa shape index (κ1) is 25.8. The van der Waals surface area contributed by atoms with Crippen molar-refractivity contribution in [1.82, 2.24) is 25.3 Å². The lowest BCUT2D eigenvalue weighted by Crippen LogP contribution is -2.44. The molecule has 2 aromatic heterocycles. The van der Waals surface area contributed by atoms with E-state index in [1.54, 1.807) is 18.3 Å². The van der Waals surface area contributed by atoms with Crippen LogP contribution in [0.25, 0.3) is 0 Å². The molecule has 2 saturated heterocycles. The predicted molar refractivity (Wildman–Crippen MR) is 126 cm³/mol. The van der Waals surface area contributed by atoms with E-state index in [2.05, 4.69) is 20.4 Å². The molecule has 4 heterocycles.